The maximum absolute atomic E-state index is 5.26. The number of rotatable bonds is 3. The van der Waals surface area contributed by atoms with E-state index in [0.29, 0.717) is 0 Å². The van der Waals surface area contributed by atoms with Crippen LogP contribution in [0.5, 0.6) is 5.75 Å². The molecule has 2 aromatic heterocycles. The summed E-state index contributed by atoms with van der Waals surface area (Å²) < 4.78 is 7.10. The van der Waals surface area contributed by atoms with Crippen LogP contribution in [0.2, 0.25) is 0 Å². The molecule has 0 amide bonds. The minimum absolute atomic E-state index is 0.825. The molecule has 1 aromatic carbocycles. The van der Waals surface area contributed by atoms with E-state index in [2.05, 4.69) is 10.1 Å². The van der Waals surface area contributed by atoms with Crippen molar-refractivity contribution in [3.05, 3.63) is 42.7 Å². The third kappa shape index (κ3) is 2.07. The van der Waals surface area contributed by atoms with Crippen LogP contribution in [0.4, 0.5) is 5.82 Å². The first-order valence-electron chi connectivity index (χ1n) is 6.35. The Bertz CT molecular complexity index is 748. The lowest BCUT2D eigenvalue weighted by Gasteiger charge is -2.11. The normalized spacial score (nSPS) is 10.8. The van der Waals surface area contributed by atoms with E-state index in [1.165, 1.54) is 0 Å². The third-order valence-electron chi connectivity index (χ3n) is 3.16. The zero-order chi connectivity index (χ0) is 14.1. The summed E-state index contributed by atoms with van der Waals surface area (Å²) in [6.45, 7) is 0. The van der Waals surface area contributed by atoms with Gasteiger partial charge in [0.1, 0.15) is 11.3 Å². The zero-order valence-electron chi connectivity index (χ0n) is 11.7. The number of hydrogen-bond donors (Lipinski definition) is 0. The average molecular weight is 268 g/mol. The van der Waals surface area contributed by atoms with Gasteiger partial charge in [-0.2, -0.15) is 5.10 Å². The Balaban J connectivity index is 2.15. The molecule has 0 bridgehead atoms. The Labute approximate surface area is 117 Å². The van der Waals surface area contributed by atoms with E-state index < -0.39 is 0 Å². The van der Waals surface area contributed by atoms with E-state index in [4.69, 9.17) is 4.74 Å². The van der Waals surface area contributed by atoms with E-state index in [1.807, 2.05) is 60.0 Å². The second-order valence-corrected chi connectivity index (χ2v) is 4.74. The van der Waals surface area contributed by atoms with Crippen LogP contribution in [0.3, 0.4) is 0 Å². The van der Waals surface area contributed by atoms with Crippen molar-refractivity contribution in [3.63, 3.8) is 0 Å². The number of ether oxygens (including phenoxy) is 1. The van der Waals surface area contributed by atoms with Crippen LogP contribution in [-0.4, -0.2) is 35.8 Å². The van der Waals surface area contributed by atoms with Gasteiger partial charge in [-0.15, -0.1) is 0 Å². The molecule has 2 heterocycles. The van der Waals surface area contributed by atoms with Crippen molar-refractivity contribution in [1.82, 2.24) is 14.6 Å². The molecule has 0 saturated carbocycles. The topological polar surface area (TPSA) is 42.7 Å². The van der Waals surface area contributed by atoms with Crippen molar-refractivity contribution in [2.24, 2.45) is 0 Å². The van der Waals surface area contributed by atoms with Crippen LogP contribution in [0, 0.1) is 0 Å². The predicted molar refractivity (Wildman–Crippen MR) is 79.3 cm³/mol. The van der Waals surface area contributed by atoms with E-state index in [-0.39, 0.29) is 0 Å². The van der Waals surface area contributed by atoms with Crippen molar-refractivity contribution >= 4 is 11.3 Å². The Hall–Kier alpha value is -2.56. The van der Waals surface area contributed by atoms with Gasteiger partial charge < -0.3 is 9.64 Å². The van der Waals surface area contributed by atoms with Gasteiger partial charge in [-0.3, -0.25) is 0 Å². The van der Waals surface area contributed by atoms with Crippen molar-refractivity contribution in [2.75, 3.05) is 26.1 Å². The summed E-state index contributed by atoms with van der Waals surface area (Å²) in [6, 6.07) is 9.92. The summed E-state index contributed by atoms with van der Waals surface area (Å²) >= 11 is 0. The number of methoxy groups -OCH3 is 1. The SMILES string of the molecule is COc1cccc(-c2cc3c(N(C)C)nccn3n2)c1. The second kappa shape index (κ2) is 4.85. The first-order valence-corrected chi connectivity index (χ1v) is 6.35. The molecule has 3 aromatic rings. The molecule has 5 nitrogen and oxygen atoms in total. The summed E-state index contributed by atoms with van der Waals surface area (Å²) in [5, 5.41) is 4.60. The molecule has 0 unspecified atom stereocenters. The summed E-state index contributed by atoms with van der Waals surface area (Å²) in [7, 11) is 5.61. The van der Waals surface area contributed by atoms with Crippen LogP contribution in [0.15, 0.2) is 42.7 Å². The molecule has 0 radical (unpaired) electrons. The first-order chi connectivity index (χ1) is 9.69. The molecule has 0 saturated heterocycles. The number of nitrogens with zero attached hydrogens (tertiary/aromatic N) is 4. The van der Waals surface area contributed by atoms with E-state index >= 15 is 0 Å². The fourth-order valence-electron chi connectivity index (χ4n) is 2.18. The number of hydrogen-bond acceptors (Lipinski definition) is 4. The van der Waals surface area contributed by atoms with Crippen molar-refractivity contribution < 1.29 is 4.74 Å². The lowest BCUT2D eigenvalue weighted by molar-refractivity contribution is 0.415. The van der Waals surface area contributed by atoms with Crippen LogP contribution >= 0.6 is 0 Å². The Morgan fingerprint density at radius 1 is 1.20 bits per heavy atom. The van der Waals surface area contributed by atoms with Gasteiger partial charge in [0.25, 0.3) is 0 Å². The highest BCUT2D eigenvalue weighted by atomic mass is 16.5. The first kappa shape index (κ1) is 12.5. The fourth-order valence-corrected chi connectivity index (χ4v) is 2.18. The molecule has 20 heavy (non-hydrogen) atoms. The molecule has 0 N–H and O–H groups in total. The molecular formula is C15H16N4O. The molecule has 0 aliphatic rings. The standard InChI is InChI=1S/C15H16N4O/c1-18(2)15-14-10-13(17-19(14)8-7-16-15)11-5-4-6-12(9-11)20-3/h4-10H,1-3H3. The highest BCUT2D eigenvalue weighted by Crippen LogP contribution is 2.26. The monoisotopic (exact) mass is 268 g/mol. The molecule has 0 aliphatic carbocycles. The van der Waals surface area contributed by atoms with Gasteiger partial charge in [0, 0.05) is 32.1 Å². The number of benzene rings is 1. The Morgan fingerprint density at radius 2 is 2.05 bits per heavy atom. The lowest BCUT2D eigenvalue weighted by atomic mass is 10.1. The van der Waals surface area contributed by atoms with Gasteiger partial charge in [0.15, 0.2) is 5.82 Å². The Kier molecular flexibility index (Phi) is 3.02. The van der Waals surface area contributed by atoms with E-state index in [9.17, 15) is 0 Å². The molecule has 5 heteroatoms. The van der Waals surface area contributed by atoms with Gasteiger partial charge in [-0.1, -0.05) is 12.1 Å². The smallest absolute Gasteiger partial charge is 0.154 e. The van der Waals surface area contributed by atoms with Crippen LogP contribution in [0.1, 0.15) is 0 Å². The highest BCUT2D eigenvalue weighted by molar-refractivity contribution is 5.75. The van der Waals surface area contributed by atoms with E-state index in [0.717, 1.165) is 28.3 Å². The Morgan fingerprint density at radius 3 is 2.80 bits per heavy atom. The summed E-state index contributed by atoms with van der Waals surface area (Å²) in [5.41, 5.74) is 2.91. The highest BCUT2D eigenvalue weighted by Gasteiger charge is 2.10. The molecule has 0 atom stereocenters. The molecule has 3 rings (SSSR count). The fraction of sp³-hybridized carbons (Fsp3) is 0.200. The molecule has 102 valence electrons. The van der Waals surface area contributed by atoms with Gasteiger partial charge in [0.05, 0.1) is 12.8 Å². The van der Waals surface area contributed by atoms with Crippen LogP contribution in [0.25, 0.3) is 16.8 Å². The largest absolute Gasteiger partial charge is 0.497 e. The van der Waals surface area contributed by atoms with Crippen molar-refractivity contribution in [1.29, 1.82) is 0 Å². The maximum Gasteiger partial charge on any atom is 0.154 e. The van der Waals surface area contributed by atoms with Crippen molar-refractivity contribution in [3.8, 4) is 17.0 Å². The van der Waals surface area contributed by atoms with E-state index in [1.54, 1.807) is 13.3 Å². The number of anilines is 1. The third-order valence-corrected chi connectivity index (χ3v) is 3.16. The van der Waals surface area contributed by atoms with Crippen LogP contribution < -0.4 is 9.64 Å². The lowest BCUT2D eigenvalue weighted by Crippen LogP contribution is -2.11. The summed E-state index contributed by atoms with van der Waals surface area (Å²) in [6.07, 6.45) is 3.61. The van der Waals surface area contributed by atoms with Gasteiger partial charge >= 0.3 is 0 Å². The average Bonchev–Trinajstić information content (AvgIpc) is 2.91. The predicted octanol–water partition coefficient (Wildman–Crippen LogP) is 2.47. The van der Waals surface area contributed by atoms with Crippen LogP contribution in [-0.2, 0) is 0 Å². The molecular weight excluding hydrogens is 252 g/mol. The molecule has 0 aliphatic heterocycles. The van der Waals surface area contributed by atoms with Crippen molar-refractivity contribution in [2.45, 2.75) is 0 Å². The van der Waals surface area contributed by atoms with Gasteiger partial charge in [-0.05, 0) is 18.2 Å². The minimum atomic E-state index is 0.825. The number of aromatic nitrogens is 3. The quantitative estimate of drug-likeness (QED) is 0.732. The zero-order valence-corrected chi connectivity index (χ0v) is 11.7. The number of fused-ring (bicyclic) bond motifs is 1. The second-order valence-electron chi connectivity index (χ2n) is 4.74. The minimum Gasteiger partial charge on any atom is -0.497 e. The van der Waals surface area contributed by atoms with Gasteiger partial charge in [-0.25, -0.2) is 9.50 Å². The molecule has 0 spiro atoms. The molecule has 0 fully saturated rings. The maximum atomic E-state index is 5.26. The summed E-state index contributed by atoms with van der Waals surface area (Å²) in [4.78, 5) is 6.37. The summed E-state index contributed by atoms with van der Waals surface area (Å²) in [5.74, 6) is 1.72. The van der Waals surface area contributed by atoms with Gasteiger partial charge in [0.2, 0.25) is 0 Å².